The number of rotatable bonds is 22. The van der Waals surface area contributed by atoms with E-state index in [2.05, 4.69) is 52.7 Å². The molecule has 3 fully saturated rings. The zero-order valence-corrected chi connectivity index (χ0v) is 43.9. The fraction of sp³-hybridized carbons (Fsp3) is 0.673. The molecule has 1 aliphatic heterocycles. The van der Waals surface area contributed by atoms with Crippen molar-refractivity contribution in [1.29, 1.82) is 0 Å². The highest BCUT2D eigenvalue weighted by Crippen LogP contribution is 2.62. The van der Waals surface area contributed by atoms with Gasteiger partial charge in [-0.1, -0.05) is 70.9 Å². The van der Waals surface area contributed by atoms with E-state index < -0.39 is 17.6 Å². The SMILES string of the molecule is CC(=O)NCc1ccc(-c2scnc2C)cc1.CN(CCCCC[C@@H]1Cc2cc(O)ccc2[C@H]2CC[C@]3(C)C(O)CC[C@H]3C12)CCOCCOCCOCC(=O)N[C@H](C(=O)N1CCC(O)C1)C(C)(C)C. The van der Waals surface area contributed by atoms with Gasteiger partial charge < -0.3 is 50.0 Å². The first-order valence-electron chi connectivity index (χ1n) is 25.9. The van der Waals surface area contributed by atoms with Crippen molar-refractivity contribution in [2.75, 3.05) is 72.9 Å². The highest BCUT2D eigenvalue weighted by Gasteiger charge is 2.56. The average molecular weight is 990 g/mol. The molecule has 3 unspecified atom stereocenters. The molecule has 2 saturated carbocycles. The van der Waals surface area contributed by atoms with Crippen molar-refractivity contribution in [2.24, 2.45) is 28.6 Å². The molecule has 388 valence electrons. The quantitative estimate of drug-likeness (QED) is 0.0640. The highest BCUT2D eigenvalue weighted by atomic mass is 32.1. The number of likely N-dealkylation sites (N-methyl/N-ethyl adjacent to an activating group) is 1. The van der Waals surface area contributed by atoms with E-state index in [-0.39, 0.29) is 42.5 Å². The molecule has 1 aromatic heterocycles. The smallest absolute Gasteiger partial charge is 0.246 e. The van der Waals surface area contributed by atoms with Crippen LogP contribution >= 0.6 is 11.3 Å². The second-order valence-electron chi connectivity index (χ2n) is 21.7. The Bertz CT molecular complexity index is 2130. The summed E-state index contributed by atoms with van der Waals surface area (Å²) >= 11 is 1.65. The Morgan fingerprint density at radius 1 is 0.943 bits per heavy atom. The summed E-state index contributed by atoms with van der Waals surface area (Å²) in [5.74, 6) is 2.24. The minimum absolute atomic E-state index is 0.00706. The largest absolute Gasteiger partial charge is 0.508 e. The number of aromatic nitrogens is 1. The Morgan fingerprint density at radius 2 is 1.67 bits per heavy atom. The number of aryl methyl sites for hydroxylation is 1. The van der Waals surface area contributed by atoms with Crippen LogP contribution in [-0.2, 0) is 41.6 Å². The highest BCUT2D eigenvalue weighted by molar-refractivity contribution is 7.13. The van der Waals surface area contributed by atoms with E-state index in [1.165, 1.54) is 47.8 Å². The molecule has 3 amide bonds. The van der Waals surface area contributed by atoms with Crippen LogP contribution in [0.4, 0.5) is 0 Å². The van der Waals surface area contributed by atoms with E-state index in [0.717, 1.165) is 62.9 Å². The Morgan fingerprint density at radius 3 is 2.34 bits per heavy atom. The third-order valence-corrected chi connectivity index (χ3v) is 16.4. The van der Waals surface area contributed by atoms with Gasteiger partial charge in [-0.05, 0) is 141 Å². The van der Waals surface area contributed by atoms with Crippen LogP contribution < -0.4 is 10.6 Å². The summed E-state index contributed by atoms with van der Waals surface area (Å²) < 4.78 is 16.9. The minimum Gasteiger partial charge on any atom is -0.508 e. The van der Waals surface area contributed by atoms with Gasteiger partial charge in [0.25, 0.3) is 0 Å². The Balaban J connectivity index is 0.000000396. The standard InChI is InChI=1S/C42H69N3O8.C13H14N2OS/c1-41(2,3)39(40(50)45-18-15-32(47)27-45)43-37(49)28-53-24-23-52-22-21-51-20-19-44(5)17-8-6-7-9-29-25-30-26-31(46)10-11-33(30)34-14-16-42(4)35(38(29)34)12-13-36(42)48;1-9-13(17-8-15-9)12-5-3-11(4-6-12)7-14-10(2)16/h10-11,26,29,32,34-36,38-39,46-48H,6-9,12-25,27-28H2,1-5H3,(H,43,49);3-6,8H,7H2,1-2H3,(H,14,16)/t29-,32?,34-,35+,36?,38?,39-,42+;/m1./s1. The minimum atomic E-state index is -0.690. The molecule has 3 aliphatic carbocycles. The first kappa shape index (κ1) is 55.4. The number of amides is 3. The van der Waals surface area contributed by atoms with Gasteiger partial charge in [0, 0.05) is 33.1 Å². The number of thiazole rings is 1. The summed E-state index contributed by atoms with van der Waals surface area (Å²) in [5.41, 5.74) is 7.58. The van der Waals surface area contributed by atoms with Gasteiger partial charge in [0.05, 0.1) is 61.3 Å². The van der Waals surface area contributed by atoms with Crippen molar-refractivity contribution >= 4 is 29.1 Å². The maximum absolute atomic E-state index is 13.0. The first-order valence-corrected chi connectivity index (χ1v) is 26.7. The molecule has 2 aromatic carbocycles. The van der Waals surface area contributed by atoms with Crippen LogP contribution in [0.3, 0.4) is 0 Å². The van der Waals surface area contributed by atoms with Gasteiger partial charge in [-0.15, -0.1) is 11.3 Å². The van der Waals surface area contributed by atoms with Crippen LogP contribution in [0, 0.1) is 35.5 Å². The van der Waals surface area contributed by atoms with Crippen molar-refractivity contribution in [3.05, 3.63) is 70.4 Å². The number of carbonyl (C=O) groups excluding carboxylic acids is 3. The Kier molecular flexibility index (Phi) is 20.7. The van der Waals surface area contributed by atoms with Crippen molar-refractivity contribution in [3.63, 3.8) is 0 Å². The fourth-order valence-corrected chi connectivity index (χ4v) is 12.3. The summed E-state index contributed by atoms with van der Waals surface area (Å²) in [6, 6.07) is 13.6. The van der Waals surface area contributed by atoms with Gasteiger partial charge >= 0.3 is 0 Å². The second-order valence-corrected chi connectivity index (χ2v) is 22.5. The normalized spacial score (nSPS) is 24.3. The number of β-amino-alcohol motifs (C(OH)–C–C–N with tert-alkyl or cyclic N) is 1. The predicted octanol–water partition coefficient (Wildman–Crippen LogP) is 7.26. The zero-order chi connectivity index (χ0) is 50.4. The lowest BCUT2D eigenvalue weighted by atomic mass is 9.52. The van der Waals surface area contributed by atoms with E-state index in [4.69, 9.17) is 14.2 Å². The molecule has 5 N–H and O–H groups in total. The Hall–Kier alpha value is -3.96. The van der Waals surface area contributed by atoms with Crippen LogP contribution in [0.2, 0.25) is 0 Å². The molecule has 0 bridgehead atoms. The lowest BCUT2D eigenvalue weighted by Gasteiger charge is -2.53. The van der Waals surface area contributed by atoms with Crippen LogP contribution in [0.5, 0.6) is 5.75 Å². The molecule has 4 aliphatic rings. The second kappa shape index (κ2) is 26.1. The summed E-state index contributed by atoms with van der Waals surface area (Å²) in [7, 11) is 2.15. The third kappa shape index (κ3) is 15.3. The number of carbonyl (C=O) groups is 3. The summed E-state index contributed by atoms with van der Waals surface area (Å²) in [6.07, 6.45) is 10.1. The number of fused-ring (bicyclic) bond motifs is 5. The number of hydrogen-bond donors (Lipinski definition) is 5. The van der Waals surface area contributed by atoms with E-state index in [1.54, 1.807) is 16.2 Å². The molecular weight excluding hydrogens is 907 g/mol. The molecule has 3 aromatic rings. The maximum atomic E-state index is 13.0. The van der Waals surface area contributed by atoms with Gasteiger partial charge in [0.1, 0.15) is 18.4 Å². The number of aliphatic hydroxyl groups excluding tert-OH is 2. The summed E-state index contributed by atoms with van der Waals surface area (Å²) in [4.78, 5) is 45.7. The molecule has 1 saturated heterocycles. The Labute approximate surface area is 421 Å². The van der Waals surface area contributed by atoms with Crippen LogP contribution in [0.1, 0.15) is 121 Å². The number of phenolic OH excluding ortho intramolecular Hbond substituents is 1. The number of ether oxygens (including phenoxy) is 3. The molecule has 70 heavy (non-hydrogen) atoms. The van der Waals surface area contributed by atoms with Crippen molar-refractivity contribution < 1.29 is 43.9 Å². The van der Waals surface area contributed by atoms with Crippen LogP contribution in [0.25, 0.3) is 10.4 Å². The van der Waals surface area contributed by atoms with Gasteiger partial charge in [-0.2, -0.15) is 0 Å². The van der Waals surface area contributed by atoms with Gasteiger partial charge in [0.2, 0.25) is 17.7 Å². The predicted molar refractivity (Wildman–Crippen MR) is 274 cm³/mol. The zero-order valence-electron chi connectivity index (χ0n) is 43.1. The van der Waals surface area contributed by atoms with Crippen molar-refractivity contribution in [2.45, 2.75) is 136 Å². The van der Waals surface area contributed by atoms with Gasteiger partial charge in [-0.3, -0.25) is 14.4 Å². The fourth-order valence-electron chi connectivity index (χ4n) is 11.5. The number of hydrogen-bond acceptors (Lipinski definition) is 12. The number of aliphatic hydroxyl groups is 2. The molecule has 2 heterocycles. The molecule has 8 atom stereocenters. The number of nitrogens with one attached hydrogen (secondary N) is 2. The first-order chi connectivity index (χ1) is 33.4. The van der Waals surface area contributed by atoms with E-state index >= 15 is 0 Å². The molecular formula is C55H83N5O9S. The van der Waals surface area contributed by atoms with Crippen molar-refractivity contribution in [3.8, 4) is 16.2 Å². The molecule has 15 heteroatoms. The lowest BCUT2D eigenvalue weighted by Crippen LogP contribution is -2.55. The topological polar surface area (TPSA) is 183 Å². The number of benzene rings is 2. The maximum Gasteiger partial charge on any atom is 0.246 e. The number of likely N-dealkylation sites (tertiary alicyclic amines) is 1. The van der Waals surface area contributed by atoms with E-state index in [9.17, 15) is 29.7 Å². The lowest BCUT2D eigenvalue weighted by molar-refractivity contribution is -0.140. The third-order valence-electron chi connectivity index (χ3n) is 15.4. The van der Waals surface area contributed by atoms with Crippen molar-refractivity contribution in [1.82, 2.24) is 25.4 Å². The van der Waals surface area contributed by atoms with Crippen LogP contribution in [-0.4, -0.2) is 139 Å². The molecule has 14 nitrogen and oxygen atoms in total. The summed E-state index contributed by atoms with van der Waals surface area (Å²) in [6.45, 7) is 17.0. The van der Waals surface area contributed by atoms with E-state index in [0.29, 0.717) is 81.9 Å². The summed E-state index contributed by atoms with van der Waals surface area (Å²) in [5, 5.41) is 36.6. The van der Waals surface area contributed by atoms with E-state index in [1.807, 2.05) is 57.5 Å². The van der Waals surface area contributed by atoms with Gasteiger partial charge in [-0.25, -0.2) is 4.98 Å². The number of phenols is 1. The van der Waals surface area contributed by atoms with Crippen LogP contribution in [0.15, 0.2) is 48.0 Å². The molecule has 0 spiro atoms. The number of unbranched alkanes of at least 4 members (excludes halogenated alkanes) is 2. The molecule has 7 rings (SSSR count). The average Bonchev–Trinajstić information content (AvgIpc) is 4.04. The van der Waals surface area contributed by atoms with Gasteiger partial charge in [0.15, 0.2) is 0 Å². The number of nitrogens with zero attached hydrogens (tertiary/aromatic N) is 3. The number of aromatic hydroxyl groups is 1. The molecule has 0 radical (unpaired) electrons. The monoisotopic (exact) mass is 990 g/mol.